The quantitative estimate of drug-likeness (QED) is 0.703. The van der Waals surface area contributed by atoms with Crippen LogP contribution in [0.5, 0.6) is 5.75 Å². The minimum absolute atomic E-state index is 0.0792. The Kier molecular flexibility index (Phi) is 7.75. The largest absolute Gasteiger partial charge is 0.480 e. The molecule has 1 amide bonds. The van der Waals surface area contributed by atoms with Crippen molar-refractivity contribution in [2.24, 2.45) is 5.73 Å². The van der Waals surface area contributed by atoms with E-state index in [1.165, 1.54) is 0 Å². The Balaban J connectivity index is 2.79. The Labute approximate surface area is 135 Å². The Morgan fingerprint density at radius 1 is 1.48 bits per heavy atom. The molecule has 1 aromatic carbocycles. The molecule has 1 rings (SSSR count). The molecule has 0 fully saturated rings. The van der Waals surface area contributed by atoms with Crippen LogP contribution in [-0.4, -0.2) is 25.1 Å². The van der Waals surface area contributed by atoms with Gasteiger partial charge in [-0.05, 0) is 56.5 Å². The highest BCUT2D eigenvalue weighted by Gasteiger charge is 2.17. The minimum atomic E-state index is -0.516. The summed E-state index contributed by atoms with van der Waals surface area (Å²) in [6.45, 7) is 7.08. The van der Waals surface area contributed by atoms with Gasteiger partial charge in [-0.1, -0.05) is 29.3 Å². The first kappa shape index (κ1) is 18.0. The molecule has 0 saturated carbocycles. The monoisotopic (exact) mass is 356 g/mol. The van der Waals surface area contributed by atoms with Crippen molar-refractivity contribution in [2.45, 2.75) is 46.1 Å². The molecule has 0 aliphatic heterocycles. The van der Waals surface area contributed by atoms with Gasteiger partial charge in [0.15, 0.2) is 6.10 Å². The maximum absolute atomic E-state index is 12.0. The molecule has 3 N–H and O–H groups in total. The third kappa shape index (κ3) is 5.67. The molecule has 21 heavy (non-hydrogen) atoms. The molecule has 5 heteroatoms. The van der Waals surface area contributed by atoms with Crippen molar-refractivity contribution in [1.29, 1.82) is 0 Å². The van der Waals surface area contributed by atoms with E-state index >= 15 is 0 Å². The number of halogens is 1. The summed E-state index contributed by atoms with van der Waals surface area (Å²) < 4.78 is 6.88. The van der Waals surface area contributed by atoms with E-state index in [9.17, 15) is 4.79 Å². The Bertz CT molecular complexity index is 478. The van der Waals surface area contributed by atoms with E-state index < -0.39 is 6.10 Å². The molecular formula is C16H25BrN2O2. The lowest BCUT2D eigenvalue weighted by Crippen LogP contribution is -2.37. The first-order valence-electron chi connectivity index (χ1n) is 7.43. The van der Waals surface area contributed by atoms with Crippen molar-refractivity contribution < 1.29 is 9.53 Å². The number of carbonyl (C=O) groups excluding carboxylic acids is 1. The molecule has 0 heterocycles. The molecule has 1 aromatic rings. The fourth-order valence-corrected chi connectivity index (χ4v) is 2.69. The van der Waals surface area contributed by atoms with Crippen LogP contribution in [0.3, 0.4) is 0 Å². The van der Waals surface area contributed by atoms with Gasteiger partial charge in [0.05, 0.1) is 0 Å². The fraction of sp³-hybridized carbons (Fsp3) is 0.562. The SMILES string of the molecule is CCCCNC(=O)C(C)Oc1c(C)cc(Br)cc1CCN. The van der Waals surface area contributed by atoms with Crippen molar-refractivity contribution in [3.8, 4) is 5.75 Å². The highest BCUT2D eigenvalue weighted by atomic mass is 79.9. The van der Waals surface area contributed by atoms with Crippen LogP contribution in [0.15, 0.2) is 16.6 Å². The number of carbonyl (C=O) groups is 1. The van der Waals surface area contributed by atoms with Crippen molar-refractivity contribution in [3.63, 3.8) is 0 Å². The highest BCUT2D eigenvalue weighted by molar-refractivity contribution is 9.10. The molecule has 118 valence electrons. The van der Waals surface area contributed by atoms with E-state index in [1.54, 1.807) is 6.92 Å². The fourth-order valence-electron chi connectivity index (χ4n) is 2.07. The van der Waals surface area contributed by atoms with Gasteiger partial charge >= 0.3 is 0 Å². The molecule has 4 nitrogen and oxygen atoms in total. The van der Waals surface area contributed by atoms with Gasteiger partial charge in [0.2, 0.25) is 0 Å². The van der Waals surface area contributed by atoms with E-state index in [1.807, 2.05) is 19.1 Å². The standard InChI is InChI=1S/C16H25BrN2O2/c1-4-5-8-19-16(20)12(3)21-15-11(2)9-14(17)10-13(15)6-7-18/h9-10,12H,4-8,18H2,1-3H3,(H,19,20). The Morgan fingerprint density at radius 3 is 2.81 bits per heavy atom. The lowest BCUT2D eigenvalue weighted by atomic mass is 10.1. The number of aryl methyl sites for hydroxylation is 1. The number of nitrogens with one attached hydrogen (secondary N) is 1. The second kappa shape index (κ2) is 9.05. The number of rotatable bonds is 8. The summed E-state index contributed by atoms with van der Waals surface area (Å²) in [5.41, 5.74) is 7.68. The molecular weight excluding hydrogens is 332 g/mol. The predicted octanol–water partition coefficient (Wildman–Crippen LogP) is 2.94. The zero-order valence-corrected chi connectivity index (χ0v) is 14.6. The zero-order valence-electron chi connectivity index (χ0n) is 13.0. The average Bonchev–Trinajstić information content (AvgIpc) is 2.42. The number of hydrogen-bond donors (Lipinski definition) is 2. The molecule has 0 aliphatic carbocycles. The Hall–Kier alpha value is -1.07. The average molecular weight is 357 g/mol. The van der Waals surface area contributed by atoms with Crippen LogP contribution in [0.2, 0.25) is 0 Å². The van der Waals surface area contributed by atoms with Crippen LogP contribution in [0.4, 0.5) is 0 Å². The summed E-state index contributed by atoms with van der Waals surface area (Å²) in [6.07, 6.45) is 2.24. The minimum Gasteiger partial charge on any atom is -0.480 e. The van der Waals surface area contributed by atoms with Gasteiger partial charge in [-0.25, -0.2) is 0 Å². The van der Waals surface area contributed by atoms with Gasteiger partial charge in [-0.3, -0.25) is 4.79 Å². The number of ether oxygens (including phenoxy) is 1. The van der Waals surface area contributed by atoms with Crippen molar-refractivity contribution in [3.05, 3.63) is 27.7 Å². The molecule has 0 aliphatic rings. The summed E-state index contributed by atoms with van der Waals surface area (Å²) in [5, 5.41) is 2.89. The highest BCUT2D eigenvalue weighted by Crippen LogP contribution is 2.29. The third-order valence-corrected chi connectivity index (χ3v) is 3.68. The molecule has 0 saturated heterocycles. The predicted molar refractivity (Wildman–Crippen MR) is 89.6 cm³/mol. The van der Waals surface area contributed by atoms with Crippen molar-refractivity contribution in [2.75, 3.05) is 13.1 Å². The first-order chi connectivity index (χ1) is 9.99. The van der Waals surface area contributed by atoms with Crippen LogP contribution < -0.4 is 15.8 Å². The first-order valence-corrected chi connectivity index (χ1v) is 8.22. The smallest absolute Gasteiger partial charge is 0.260 e. The summed E-state index contributed by atoms with van der Waals surface area (Å²) in [6, 6.07) is 3.98. The second-order valence-corrected chi connectivity index (χ2v) is 6.07. The topological polar surface area (TPSA) is 64.3 Å². The van der Waals surface area contributed by atoms with Gasteiger partial charge in [-0.15, -0.1) is 0 Å². The summed E-state index contributed by atoms with van der Waals surface area (Å²) in [4.78, 5) is 12.0. The normalized spacial score (nSPS) is 12.0. The number of amides is 1. The van der Waals surface area contributed by atoms with Gasteiger partial charge in [0.1, 0.15) is 5.75 Å². The number of unbranched alkanes of at least 4 members (excludes halogenated alkanes) is 1. The molecule has 1 atom stereocenters. The lowest BCUT2D eigenvalue weighted by Gasteiger charge is -2.19. The molecule has 0 aromatic heterocycles. The van der Waals surface area contributed by atoms with E-state index in [-0.39, 0.29) is 5.91 Å². The summed E-state index contributed by atoms with van der Waals surface area (Å²) >= 11 is 3.48. The van der Waals surface area contributed by atoms with Crippen LogP contribution in [-0.2, 0) is 11.2 Å². The lowest BCUT2D eigenvalue weighted by molar-refractivity contribution is -0.127. The third-order valence-electron chi connectivity index (χ3n) is 3.22. The van der Waals surface area contributed by atoms with E-state index in [2.05, 4.69) is 28.2 Å². The van der Waals surface area contributed by atoms with Gasteiger partial charge in [0, 0.05) is 11.0 Å². The molecule has 0 radical (unpaired) electrons. The molecule has 0 bridgehead atoms. The number of benzene rings is 1. The van der Waals surface area contributed by atoms with Crippen LogP contribution in [0.1, 0.15) is 37.8 Å². The maximum atomic E-state index is 12.0. The van der Waals surface area contributed by atoms with E-state index in [0.717, 1.165) is 40.6 Å². The van der Waals surface area contributed by atoms with Crippen LogP contribution in [0.25, 0.3) is 0 Å². The van der Waals surface area contributed by atoms with E-state index in [0.29, 0.717) is 13.1 Å². The number of hydrogen-bond acceptors (Lipinski definition) is 3. The van der Waals surface area contributed by atoms with Gasteiger partial charge in [0.25, 0.3) is 5.91 Å². The summed E-state index contributed by atoms with van der Waals surface area (Å²) in [5.74, 6) is 0.686. The van der Waals surface area contributed by atoms with E-state index in [4.69, 9.17) is 10.5 Å². The zero-order chi connectivity index (χ0) is 15.8. The molecule has 0 spiro atoms. The van der Waals surface area contributed by atoms with Crippen molar-refractivity contribution in [1.82, 2.24) is 5.32 Å². The Morgan fingerprint density at radius 2 is 2.19 bits per heavy atom. The molecule has 1 unspecified atom stereocenters. The van der Waals surface area contributed by atoms with Crippen LogP contribution >= 0.6 is 15.9 Å². The summed E-state index contributed by atoms with van der Waals surface area (Å²) in [7, 11) is 0. The second-order valence-electron chi connectivity index (χ2n) is 5.15. The van der Waals surface area contributed by atoms with Gasteiger partial charge in [-0.2, -0.15) is 0 Å². The number of nitrogens with two attached hydrogens (primary N) is 1. The van der Waals surface area contributed by atoms with Crippen molar-refractivity contribution >= 4 is 21.8 Å². The maximum Gasteiger partial charge on any atom is 0.260 e. The van der Waals surface area contributed by atoms with Gasteiger partial charge < -0.3 is 15.8 Å². The van der Waals surface area contributed by atoms with Crippen LogP contribution in [0, 0.1) is 6.92 Å².